The summed E-state index contributed by atoms with van der Waals surface area (Å²) >= 11 is 0. The lowest BCUT2D eigenvalue weighted by Gasteiger charge is -2.35. The number of anilines is 1. The molecule has 2 heterocycles. The van der Waals surface area contributed by atoms with E-state index in [1.807, 2.05) is 6.20 Å². The molecule has 1 atom stereocenters. The highest BCUT2D eigenvalue weighted by Gasteiger charge is 2.21. The monoisotopic (exact) mass is 249 g/mol. The van der Waals surface area contributed by atoms with Crippen LogP contribution in [0.4, 0.5) is 5.82 Å². The molecule has 1 aliphatic rings. The second-order valence-electron chi connectivity index (χ2n) is 4.69. The Bertz CT molecular complexity index is 370. The van der Waals surface area contributed by atoms with Gasteiger partial charge in [0.2, 0.25) is 0 Å². The summed E-state index contributed by atoms with van der Waals surface area (Å²) in [6.07, 6.45) is 3.03. The summed E-state index contributed by atoms with van der Waals surface area (Å²) in [6.45, 7) is 8.95. The lowest BCUT2D eigenvalue weighted by molar-refractivity contribution is -0.0127. The van der Waals surface area contributed by atoms with Gasteiger partial charge in [-0.2, -0.15) is 0 Å². The van der Waals surface area contributed by atoms with Gasteiger partial charge in [-0.25, -0.2) is 4.98 Å². The van der Waals surface area contributed by atoms with Crippen LogP contribution < -0.4 is 5.32 Å². The Hall–Kier alpha value is -1.13. The van der Waals surface area contributed by atoms with Crippen LogP contribution in [-0.4, -0.2) is 42.2 Å². The summed E-state index contributed by atoms with van der Waals surface area (Å²) in [5, 5.41) is 3.26. The zero-order chi connectivity index (χ0) is 12.8. The molecule has 0 radical (unpaired) electrons. The van der Waals surface area contributed by atoms with Crippen molar-refractivity contribution in [3.63, 3.8) is 0 Å². The SMILES string of the molecule is CCNc1cc(CN2CCOCC2CC)ccn1. The predicted molar refractivity (Wildman–Crippen MR) is 73.7 cm³/mol. The highest BCUT2D eigenvalue weighted by molar-refractivity contribution is 5.37. The van der Waals surface area contributed by atoms with Gasteiger partial charge in [0.05, 0.1) is 13.2 Å². The number of hydrogen-bond acceptors (Lipinski definition) is 4. The molecule has 1 saturated heterocycles. The van der Waals surface area contributed by atoms with E-state index in [4.69, 9.17) is 4.74 Å². The van der Waals surface area contributed by atoms with Crippen molar-refractivity contribution in [1.82, 2.24) is 9.88 Å². The number of pyridine rings is 1. The fourth-order valence-corrected chi connectivity index (χ4v) is 2.36. The van der Waals surface area contributed by atoms with Crippen molar-refractivity contribution in [2.75, 3.05) is 31.6 Å². The minimum Gasteiger partial charge on any atom is -0.378 e. The number of morpholine rings is 1. The molecule has 1 unspecified atom stereocenters. The zero-order valence-electron chi connectivity index (χ0n) is 11.4. The molecule has 18 heavy (non-hydrogen) atoms. The van der Waals surface area contributed by atoms with Gasteiger partial charge < -0.3 is 10.1 Å². The fraction of sp³-hybridized carbons (Fsp3) is 0.643. The van der Waals surface area contributed by atoms with Crippen molar-refractivity contribution in [2.24, 2.45) is 0 Å². The molecule has 0 spiro atoms. The minimum absolute atomic E-state index is 0.550. The average molecular weight is 249 g/mol. The van der Waals surface area contributed by atoms with Gasteiger partial charge in [-0.1, -0.05) is 6.92 Å². The van der Waals surface area contributed by atoms with Crippen LogP contribution in [0.1, 0.15) is 25.8 Å². The summed E-state index contributed by atoms with van der Waals surface area (Å²) < 4.78 is 5.54. The number of ether oxygens (including phenoxy) is 1. The largest absolute Gasteiger partial charge is 0.378 e. The third-order valence-electron chi connectivity index (χ3n) is 3.39. The Morgan fingerprint density at radius 1 is 1.50 bits per heavy atom. The van der Waals surface area contributed by atoms with E-state index in [0.29, 0.717) is 6.04 Å². The Morgan fingerprint density at radius 3 is 3.17 bits per heavy atom. The molecular formula is C14H23N3O. The van der Waals surface area contributed by atoms with Gasteiger partial charge in [0.15, 0.2) is 0 Å². The van der Waals surface area contributed by atoms with Crippen molar-refractivity contribution in [2.45, 2.75) is 32.9 Å². The first-order valence-corrected chi connectivity index (χ1v) is 6.84. The van der Waals surface area contributed by atoms with E-state index in [1.165, 1.54) is 5.56 Å². The van der Waals surface area contributed by atoms with Crippen LogP contribution in [0.2, 0.25) is 0 Å². The van der Waals surface area contributed by atoms with Crippen LogP contribution in [0, 0.1) is 0 Å². The molecule has 0 aromatic carbocycles. The van der Waals surface area contributed by atoms with Gasteiger partial charge in [0, 0.05) is 31.9 Å². The van der Waals surface area contributed by atoms with Gasteiger partial charge in [0.1, 0.15) is 5.82 Å². The first-order chi connectivity index (χ1) is 8.83. The van der Waals surface area contributed by atoms with E-state index in [9.17, 15) is 0 Å². The van der Waals surface area contributed by atoms with E-state index >= 15 is 0 Å². The highest BCUT2D eigenvalue weighted by Crippen LogP contribution is 2.16. The molecule has 0 aliphatic carbocycles. The lowest BCUT2D eigenvalue weighted by Crippen LogP contribution is -2.44. The fourth-order valence-electron chi connectivity index (χ4n) is 2.36. The summed E-state index contributed by atoms with van der Waals surface area (Å²) in [5.41, 5.74) is 1.32. The van der Waals surface area contributed by atoms with Crippen molar-refractivity contribution < 1.29 is 4.74 Å². The predicted octanol–water partition coefficient (Wildman–Crippen LogP) is 2.12. The molecule has 1 aromatic rings. The van der Waals surface area contributed by atoms with Crippen molar-refractivity contribution in [3.8, 4) is 0 Å². The topological polar surface area (TPSA) is 37.4 Å². The number of aromatic nitrogens is 1. The van der Waals surface area contributed by atoms with Gasteiger partial charge in [0.25, 0.3) is 0 Å². The Balaban J connectivity index is 2.00. The molecule has 1 fully saturated rings. The maximum atomic E-state index is 5.54. The van der Waals surface area contributed by atoms with E-state index in [1.54, 1.807) is 0 Å². The van der Waals surface area contributed by atoms with E-state index < -0.39 is 0 Å². The van der Waals surface area contributed by atoms with Gasteiger partial charge >= 0.3 is 0 Å². The summed E-state index contributed by atoms with van der Waals surface area (Å²) in [7, 11) is 0. The van der Waals surface area contributed by atoms with Crippen molar-refractivity contribution in [1.29, 1.82) is 0 Å². The van der Waals surface area contributed by atoms with E-state index in [-0.39, 0.29) is 0 Å². The van der Waals surface area contributed by atoms with Crippen LogP contribution >= 0.6 is 0 Å². The average Bonchev–Trinajstić information content (AvgIpc) is 2.40. The standard InChI is InChI=1S/C14H23N3O/c1-3-13-11-18-8-7-17(13)10-12-5-6-16-14(9-12)15-4-2/h5-6,9,13H,3-4,7-8,10-11H2,1-2H3,(H,15,16). The minimum atomic E-state index is 0.550. The molecule has 1 aliphatic heterocycles. The second-order valence-corrected chi connectivity index (χ2v) is 4.69. The lowest BCUT2D eigenvalue weighted by atomic mass is 10.1. The molecule has 2 rings (SSSR count). The van der Waals surface area contributed by atoms with Gasteiger partial charge in [-0.15, -0.1) is 0 Å². The smallest absolute Gasteiger partial charge is 0.126 e. The van der Waals surface area contributed by atoms with Crippen LogP contribution in [0.5, 0.6) is 0 Å². The summed E-state index contributed by atoms with van der Waals surface area (Å²) in [6, 6.07) is 4.80. The van der Waals surface area contributed by atoms with E-state index in [0.717, 1.165) is 45.1 Å². The van der Waals surface area contributed by atoms with Crippen LogP contribution in [0.15, 0.2) is 18.3 Å². The van der Waals surface area contributed by atoms with Crippen LogP contribution in [-0.2, 0) is 11.3 Å². The Labute approximate surface area is 109 Å². The first kappa shape index (κ1) is 13.3. The Morgan fingerprint density at radius 2 is 2.39 bits per heavy atom. The van der Waals surface area contributed by atoms with E-state index in [2.05, 4.69) is 41.2 Å². The third kappa shape index (κ3) is 3.43. The van der Waals surface area contributed by atoms with Crippen molar-refractivity contribution >= 4 is 5.82 Å². The third-order valence-corrected chi connectivity index (χ3v) is 3.39. The summed E-state index contributed by atoms with van der Waals surface area (Å²) in [5.74, 6) is 0.969. The molecule has 1 N–H and O–H groups in total. The maximum absolute atomic E-state index is 5.54. The Kier molecular flexibility index (Phi) is 4.96. The van der Waals surface area contributed by atoms with Crippen LogP contribution in [0.3, 0.4) is 0 Å². The second kappa shape index (κ2) is 6.71. The first-order valence-electron chi connectivity index (χ1n) is 6.84. The molecular weight excluding hydrogens is 226 g/mol. The molecule has 0 amide bonds. The van der Waals surface area contributed by atoms with Gasteiger partial charge in [-0.3, -0.25) is 4.90 Å². The maximum Gasteiger partial charge on any atom is 0.126 e. The molecule has 1 aromatic heterocycles. The normalized spacial score (nSPS) is 20.9. The van der Waals surface area contributed by atoms with Crippen molar-refractivity contribution in [3.05, 3.63) is 23.9 Å². The number of hydrogen-bond donors (Lipinski definition) is 1. The number of rotatable bonds is 5. The zero-order valence-corrected chi connectivity index (χ0v) is 11.4. The quantitative estimate of drug-likeness (QED) is 0.867. The molecule has 0 bridgehead atoms. The molecule has 100 valence electrons. The summed E-state index contributed by atoms with van der Waals surface area (Å²) in [4.78, 5) is 6.82. The molecule has 4 nitrogen and oxygen atoms in total. The number of nitrogens with zero attached hydrogens (tertiary/aromatic N) is 2. The molecule has 0 saturated carbocycles. The molecule has 4 heteroatoms. The van der Waals surface area contributed by atoms with Crippen LogP contribution in [0.25, 0.3) is 0 Å². The van der Waals surface area contributed by atoms with Gasteiger partial charge in [-0.05, 0) is 31.0 Å². The highest BCUT2D eigenvalue weighted by atomic mass is 16.5. The number of nitrogens with one attached hydrogen (secondary N) is 1.